The molecule has 0 aromatic rings. The van der Waals surface area contributed by atoms with Crippen molar-refractivity contribution in [2.75, 3.05) is 34.0 Å². The molecule has 6 nitrogen and oxygen atoms in total. The largest absolute Gasteiger partial charge is 0.400 e. The van der Waals surface area contributed by atoms with Crippen LogP contribution in [0.25, 0.3) is 0 Å². The van der Waals surface area contributed by atoms with E-state index in [2.05, 4.69) is 0 Å². The summed E-state index contributed by atoms with van der Waals surface area (Å²) in [7, 11) is 2.00. The summed E-state index contributed by atoms with van der Waals surface area (Å²) in [6, 6.07) is 0. The molecule has 6 heteroatoms. The van der Waals surface area contributed by atoms with Crippen LogP contribution in [0.5, 0.6) is 0 Å². The lowest BCUT2D eigenvalue weighted by molar-refractivity contribution is 0.318. The van der Waals surface area contributed by atoms with E-state index in [0.717, 1.165) is 14.2 Å². The van der Waals surface area contributed by atoms with Gasteiger partial charge in [-0.05, 0) is 20.8 Å². The molecule has 0 aromatic heterocycles. The molecule has 1 rings (SSSR count). The van der Waals surface area contributed by atoms with Gasteiger partial charge in [-0.25, -0.2) is 0 Å². The van der Waals surface area contributed by atoms with Gasteiger partial charge in [-0.2, -0.15) is 0 Å². The molecule has 0 saturated heterocycles. The second-order valence-electron chi connectivity index (χ2n) is 3.07. The van der Waals surface area contributed by atoms with Crippen LogP contribution >= 0.6 is 0 Å². The first-order valence-electron chi connectivity index (χ1n) is 6.96. The predicted molar refractivity (Wildman–Crippen MR) is 87.3 cm³/mol. The number of hydrogen-bond acceptors (Lipinski definition) is 6. The average Bonchev–Trinajstić information content (AvgIpc) is 2.48. The van der Waals surface area contributed by atoms with Crippen LogP contribution in [0, 0.1) is 0 Å². The molecule has 1 fully saturated rings. The normalized spacial score (nSPS) is 10.5. The number of aliphatic hydroxyl groups excluding tert-OH is 5. The molecule has 0 radical (unpaired) electrons. The third-order valence-corrected chi connectivity index (χ3v) is 1.50. The summed E-state index contributed by atoms with van der Waals surface area (Å²) in [5.74, 6) is 0. The topological polar surface area (TPSA) is 136 Å². The van der Waals surface area contributed by atoms with E-state index in [-0.39, 0.29) is 26.0 Å². The third kappa shape index (κ3) is 150. The van der Waals surface area contributed by atoms with Gasteiger partial charge in [-0.1, -0.05) is 38.5 Å². The minimum atomic E-state index is 0. The molecule has 132 valence electrons. The Labute approximate surface area is 126 Å². The molecule has 0 atom stereocenters. The molecule has 1 saturated carbocycles. The molecule has 0 aliphatic heterocycles. The summed E-state index contributed by atoms with van der Waals surface area (Å²) >= 11 is 0. The minimum Gasteiger partial charge on any atom is -0.400 e. The maximum atomic E-state index is 7.57. The Morgan fingerprint density at radius 3 is 0.600 bits per heavy atom. The van der Waals surface area contributed by atoms with Crippen LogP contribution < -0.4 is 6.15 Å². The summed E-state index contributed by atoms with van der Waals surface area (Å²) in [4.78, 5) is 0. The average molecular weight is 303 g/mol. The highest BCUT2D eigenvalue weighted by Gasteiger charge is 1.95. The maximum absolute atomic E-state index is 7.57. The highest BCUT2D eigenvalue weighted by Crippen LogP contribution is 2.15. The number of hydrogen-bond donors (Lipinski definition) is 6. The third-order valence-electron chi connectivity index (χ3n) is 1.50. The molecule has 1 aliphatic carbocycles. The fourth-order valence-corrected chi connectivity index (χ4v) is 1.06. The van der Waals surface area contributed by atoms with E-state index >= 15 is 0 Å². The van der Waals surface area contributed by atoms with Crippen LogP contribution in [0.15, 0.2) is 0 Å². The van der Waals surface area contributed by atoms with Gasteiger partial charge in [0.2, 0.25) is 0 Å². The van der Waals surface area contributed by atoms with Crippen molar-refractivity contribution in [2.24, 2.45) is 0 Å². The summed E-state index contributed by atoms with van der Waals surface area (Å²) in [5.41, 5.74) is 0. The van der Waals surface area contributed by atoms with Gasteiger partial charge in [0.05, 0.1) is 0 Å². The van der Waals surface area contributed by atoms with Crippen LogP contribution in [0.1, 0.15) is 59.3 Å². The zero-order valence-electron chi connectivity index (χ0n) is 14.3. The standard InChI is InChI=1S/C6H12.3C2H6O.2CH4O.H3N/c1-2-4-6-5-3-1;3*1-2-3;2*1-2;/h1-6H2;3*3H,2H2,1H3;2*2H,1H3;1H3. The molecule has 0 heterocycles. The van der Waals surface area contributed by atoms with E-state index in [1.165, 1.54) is 38.5 Å². The van der Waals surface area contributed by atoms with Crippen molar-refractivity contribution in [3.05, 3.63) is 0 Å². The van der Waals surface area contributed by atoms with E-state index < -0.39 is 0 Å². The van der Waals surface area contributed by atoms with Gasteiger partial charge in [0, 0.05) is 34.0 Å². The highest BCUT2D eigenvalue weighted by atomic mass is 16.3. The van der Waals surface area contributed by atoms with Gasteiger partial charge < -0.3 is 31.7 Å². The summed E-state index contributed by atoms with van der Waals surface area (Å²) < 4.78 is 0. The maximum Gasteiger partial charge on any atom is 0.0402 e. The number of aliphatic hydroxyl groups is 5. The van der Waals surface area contributed by atoms with Crippen LogP contribution in [-0.4, -0.2) is 59.6 Å². The Balaban J connectivity index is -0.0000000312. The number of rotatable bonds is 0. The molecule has 1 aliphatic rings. The first kappa shape index (κ1) is 36.7. The van der Waals surface area contributed by atoms with E-state index in [1.807, 2.05) is 0 Å². The Hall–Kier alpha value is -0.240. The Morgan fingerprint density at radius 1 is 0.500 bits per heavy atom. The van der Waals surface area contributed by atoms with Crippen molar-refractivity contribution in [3.63, 3.8) is 0 Å². The molecular weight excluding hydrogens is 262 g/mol. The lowest BCUT2D eigenvalue weighted by Crippen LogP contribution is -1.85. The predicted octanol–water partition coefficient (Wildman–Crippen LogP) is 1.72. The molecule has 0 amide bonds. The molecule has 0 bridgehead atoms. The van der Waals surface area contributed by atoms with Crippen LogP contribution in [-0.2, 0) is 0 Å². The van der Waals surface area contributed by atoms with Gasteiger partial charge in [-0.3, -0.25) is 0 Å². The Morgan fingerprint density at radius 2 is 0.550 bits per heavy atom. The minimum absolute atomic E-state index is 0. The smallest absolute Gasteiger partial charge is 0.0402 e. The molecular formula is C14H41NO5. The molecule has 20 heavy (non-hydrogen) atoms. The monoisotopic (exact) mass is 303 g/mol. The second kappa shape index (κ2) is 77.1. The van der Waals surface area contributed by atoms with E-state index in [0.29, 0.717) is 0 Å². The summed E-state index contributed by atoms with van der Waals surface area (Å²) in [5, 5.41) is 36.7. The van der Waals surface area contributed by atoms with Gasteiger partial charge >= 0.3 is 0 Å². The summed E-state index contributed by atoms with van der Waals surface area (Å²) in [6.45, 7) is 5.79. The van der Waals surface area contributed by atoms with Crippen molar-refractivity contribution in [1.29, 1.82) is 0 Å². The molecule has 8 N–H and O–H groups in total. The van der Waals surface area contributed by atoms with Crippen LogP contribution in [0.3, 0.4) is 0 Å². The van der Waals surface area contributed by atoms with Gasteiger partial charge in [0.1, 0.15) is 0 Å². The lowest BCUT2D eigenvalue weighted by Gasteiger charge is -2.05. The van der Waals surface area contributed by atoms with E-state index in [1.54, 1.807) is 20.8 Å². The Bertz CT molecular complexity index is 58.3. The lowest BCUT2D eigenvalue weighted by atomic mass is 10.0. The first-order valence-corrected chi connectivity index (χ1v) is 6.96. The second-order valence-corrected chi connectivity index (χ2v) is 3.07. The van der Waals surface area contributed by atoms with Crippen molar-refractivity contribution >= 4 is 0 Å². The van der Waals surface area contributed by atoms with E-state index in [4.69, 9.17) is 25.5 Å². The Kier molecular flexibility index (Phi) is 142. The zero-order valence-corrected chi connectivity index (χ0v) is 14.3. The van der Waals surface area contributed by atoms with E-state index in [9.17, 15) is 0 Å². The van der Waals surface area contributed by atoms with Crippen LogP contribution in [0.2, 0.25) is 0 Å². The zero-order chi connectivity index (χ0) is 16.4. The SMILES string of the molecule is C1CCCCC1.CCO.CCO.CCO.CO.CO.N. The van der Waals surface area contributed by atoms with Gasteiger partial charge in [0.15, 0.2) is 0 Å². The first-order chi connectivity index (χ1) is 9.24. The fraction of sp³-hybridized carbons (Fsp3) is 1.00. The molecule has 0 spiro atoms. The molecule has 0 unspecified atom stereocenters. The van der Waals surface area contributed by atoms with Crippen molar-refractivity contribution < 1.29 is 25.5 Å². The van der Waals surface area contributed by atoms with Crippen LogP contribution in [0.4, 0.5) is 0 Å². The van der Waals surface area contributed by atoms with Gasteiger partial charge in [0.25, 0.3) is 0 Å². The van der Waals surface area contributed by atoms with Crippen molar-refractivity contribution in [2.45, 2.75) is 59.3 Å². The van der Waals surface area contributed by atoms with Crippen molar-refractivity contribution in [1.82, 2.24) is 6.15 Å². The van der Waals surface area contributed by atoms with Gasteiger partial charge in [-0.15, -0.1) is 0 Å². The fourth-order valence-electron chi connectivity index (χ4n) is 1.06. The molecule has 0 aromatic carbocycles. The quantitative estimate of drug-likeness (QED) is 0.403. The van der Waals surface area contributed by atoms with Crippen molar-refractivity contribution in [3.8, 4) is 0 Å². The summed E-state index contributed by atoms with van der Waals surface area (Å²) in [6.07, 6.45) is 9.00. The highest BCUT2D eigenvalue weighted by molar-refractivity contribution is 4.51.